The summed E-state index contributed by atoms with van der Waals surface area (Å²) >= 11 is 1.44. The molecule has 0 atom stereocenters. The zero-order valence-corrected chi connectivity index (χ0v) is 17.0. The normalized spacial score (nSPS) is 14.9. The maximum Gasteiger partial charge on any atom is 0.417 e. The molecule has 0 spiro atoms. The minimum absolute atomic E-state index is 0.100. The molecule has 8 heteroatoms. The van der Waals surface area contributed by atoms with Crippen LogP contribution in [-0.2, 0) is 6.18 Å². The highest BCUT2D eigenvalue weighted by Crippen LogP contribution is 2.33. The van der Waals surface area contributed by atoms with E-state index in [9.17, 15) is 22.8 Å². The van der Waals surface area contributed by atoms with Crippen molar-refractivity contribution in [2.45, 2.75) is 13.1 Å². The summed E-state index contributed by atoms with van der Waals surface area (Å²) in [6.07, 6.45) is -4.59. The minimum atomic E-state index is -4.59. The van der Waals surface area contributed by atoms with Gasteiger partial charge in [0.25, 0.3) is 11.8 Å². The zero-order chi connectivity index (χ0) is 21.5. The van der Waals surface area contributed by atoms with E-state index < -0.39 is 17.6 Å². The van der Waals surface area contributed by atoms with Crippen LogP contribution in [0.3, 0.4) is 0 Å². The monoisotopic (exact) mass is 432 g/mol. The molecule has 3 aromatic rings. The van der Waals surface area contributed by atoms with Crippen LogP contribution in [0.5, 0.6) is 0 Å². The minimum Gasteiger partial charge on any atom is -0.335 e. The third-order valence-electron chi connectivity index (χ3n) is 5.35. The molecule has 0 aliphatic carbocycles. The molecule has 2 amide bonds. The van der Waals surface area contributed by atoms with Gasteiger partial charge in [-0.3, -0.25) is 9.59 Å². The van der Waals surface area contributed by atoms with E-state index in [0.717, 1.165) is 21.7 Å². The van der Waals surface area contributed by atoms with E-state index in [2.05, 4.69) is 0 Å². The molecule has 30 heavy (non-hydrogen) atoms. The van der Waals surface area contributed by atoms with Gasteiger partial charge in [-0.2, -0.15) is 13.2 Å². The van der Waals surface area contributed by atoms with Crippen molar-refractivity contribution in [1.82, 2.24) is 9.80 Å². The van der Waals surface area contributed by atoms with Crippen LogP contribution in [0.4, 0.5) is 13.2 Å². The Hall–Kier alpha value is -2.87. The Morgan fingerprint density at radius 3 is 2.07 bits per heavy atom. The number of alkyl halides is 3. The molecule has 1 aliphatic rings. The lowest BCUT2D eigenvalue weighted by Gasteiger charge is -2.35. The standard InChI is InChI=1S/C22H19F3N2O2S/c1-14-15-6-3-5-9-18(15)30-19(14)21(29)27-12-10-26(11-13-27)20(28)16-7-2-4-8-17(16)22(23,24)25/h2-9H,10-13H2,1H3. The Morgan fingerprint density at radius 1 is 0.867 bits per heavy atom. The van der Waals surface area contributed by atoms with Crippen molar-refractivity contribution in [3.63, 3.8) is 0 Å². The fourth-order valence-electron chi connectivity index (χ4n) is 3.72. The Morgan fingerprint density at radius 2 is 1.43 bits per heavy atom. The summed E-state index contributed by atoms with van der Waals surface area (Å²) in [7, 11) is 0. The second-order valence-corrected chi connectivity index (χ2v) is 8.23. The number of carbonyl (C=O) groups is 2. The summed E-state index contributed by atoms with van der Waals surface area (Å²) in [5.74, 6) is -0.760. The van der Waals surface area contributed by atoms with Gasteiger partial charge in [0.15, 0.2) is 0 Å². The second-order valence-electron chi connectivity index (χ2n) is 7.18. The lowest BCUT2D eigenvalue weighted by atomic mass is 10.1. The van der Waals surface area contributed by atoms with Crippen LogP contribution in [0, 0.1) is 6.92 Å². The molecule has 0 radical (unpaired) electrons. The van der Waals surface area contributed by atoms with Gasteiger partial charge in [0.1, 0.15) is 0 Å². The van der Waals surface area contributed by atoms with Crippen LogP contribution in [0.2, 0.25) is 0 Å². The molecule has 1 aliphatic heterocycles. The van der Waals surface area contributed by atoms with Crippen molar-refractivity contribution < 1.29 is 22.8 Å². The van der Waals surface area contributed by atoms with Crippen molar-refractivity contribution in [2.75, 3.05) is 26.2 Å². The van der Waals surface area contributed by atoms with Gasteiger partial charge < -0.3 is 9.80 Å². The number of hydrogen-bond acceptors (Lipinski definition) is 3. The number of halogens is 3. The van der Waals surface area contributed by atoms with E-state index in [0.29, 0.717) is 4.88 Å². The predicted octanol–water partition coefficient (Wildman–Crippen LogP) is 4.83. The number of benzene rings is 2. The second kappa shape index (κ2) is 7.75. The largest absolute Gasteiger partial charge is 0.417 e. The van der Waals surface area contributed by atoms with Crippen LogP contribution < -0.4 is 0 Å². The summed E-state index contributed by atoms with van der Waals surface area (Å²) in [5, 5.41) is 1.04. The van der Waals surface area contributed by atoms with E-state index >= 15 is 0 Å². The molecular weight excluding hydrogens is 413 g/mol. The lowest BCUT2D eigenvalue weighted by Crippen LogP contribution is -2.50. The topological polar surface area (TPSA) is 40.6 Å². The highest BCUT2D eigenvalue weighted by molar-refractivity contribution is 7.21. The number of piperazine rings is 1. The third-order valence-corrected chi connectivity index (χ3v) is 6.62. The number of amides is 2. The number of aryl methyl sites for hydroxylation is 1. The summed E-state index contributed by atoms with van der Waals surface area (Å²) < 4.78 is 40.7. The van der Waals surface area contributed by atoms with Crippen molar-refractivity contribution in [2.24, 2.45) is 0 Å². The first-order chi connectivity index (χ1) is 14.3. The molecule has 0 saturated carbocycles. The van der Waals surface area contributed by atoms with Crippen LogP contribution >= 0.6 is 11.3 Å². The van der Waals surface area contributed by atoms with Gasteiger partial charge in [-0.05, 0) is 36.1 Å². The fourth-order valence-corrected chi connectivity index (χ4v) is 4.90. The van der Waals surface area contributed by atoms with Crippen LogP contribution in [0.1, 0.15) is 31.2 Å². The number of rotatable bonds is 2. The van der Waals surface area contributed by atoms with Gasteiger partial charge in [-0.1, -0.05) is 30.3 Å². The summed E-state index contributed by atoms with van der Waals surface area (Å²) in [6.45, 7) is 2.88. The first-order valence-electron chi connectivity index (χ1n) is 9.50. The molecule has 156 valence electrons. The summed E-state index contributed by atoms with van der Waals surface area (Å²) in [6, 6.07) is 12.6. The Labute approximate surface area is 175 Å². The van der Waals surface area contributed by atoms with Crippen molar-refractivity contribution in [3.05, 3.63) is 70.1 Å². The number of carbonyl (C=O) groups excluding carboxylic acids is 2. The van der Waals surface area contributed by atoms with Gasteiger partial charge in [-0.15, -0.1) is 11.3 Å². The quantitative estimate of drug-likeness (QED) is 0.582. The number of hydrogen-bond donors (Lipinski definition) is 0. The average molecular weight is 432 g/mol. The van der Waals surface area contributed by atoms with E-state index in [1.807, 2.05) is 31.2 Å². The lowest BCUT2D eigenvalue weighted by molar-refractivity contribution is -0.138. The Kier molecular flexibility index (Phi) is 5.27. The summed E-state index contributed by atoms with van der Waals surface area (Å²) in [5.41, 5.74) is -0.363. The predicted molar refractivity (Wildman–Crippen MR) is 110 cm³/mol. The maximum atomic E-state index is 13.2. The van der Waals surface area contributed by atoms with Gasteiger partial charge in [-0.25, -0.2) is 0 Å². The fraction of sp³-hybridized carbons (Fsp3) is 0.273. The van der Waals surface area contributed by atoms with Crippen LogP contribution in [0.15, 0.2) is 48.5 Å². The molecular formula is C22H19F3N2O2S. The van der Waals surface area contributed by atoms with Crippen LogP contribution in [0.25, 0.3) is 10.1 Å². The number of fused-ring (bicyclic) bond motifs is 1. The highest BCUT2D eigenvalue weighted by atomic mass is 32.1. The van der Waals surface area contributed by atoms with E-state index in [4.69, 9.17) is 0 Å². The Balaban J connectivity index is 1.48. The van der Waals surface area contributed by atoms with Crippen molar-refractivity contribution >= 4 is 33.2 Å². The van der Waals surface area contributed by atoms with Crippen molar-refractivity contribution in [3.8, 4) is 0 Å². The zero-order valence-electron chi connectivity index (χ0n) is 16.2. The highest BCUT2D eigenvalue weighted by Gasteiger charge is 2.36. The molecule has 4 rings (SSSR count). The molecule has 1 saturated heterocycles. The number of nitrogens with zero attached hydrogens (tertiary/aromatic N) is 2. The van der Waals surface area contributed by atoms with Crippen molar-refractivity contribution in [1.29, 1.82) is 0 Å². The molecule has 2 aromatic carbocycles. The third kappa shape index (κ3) is 3.67. The number of thiophene rings is 1. The van der Waals surface area contributed by atoms with Gasteiger partial charge in [0.2, 0.25) is 0 Å². The average Bonchev–Trinajstić information content (AvgIpc) is 3.09. The molecule has 0 bridgehead atoms. The molecule has 0 N–H and O–H groups in total. The van der Waals surface area contributed by atoms with Crippen LogP contribution in [-0.4, -0.2) is 47.8 Å². The molecule has 0 unspecified atom stereocenters. The molecule has 1 aromatic heterocycles. The van der Waals surface area contributed by atoms with Gasteiger partial charge in [0.05, 0.1) is 16.0 Å². The first kappa shape index (κ1) is 20.4. The molecule has 1 fully saturated rings. The Bertz CT molecular complexity index is 1120. The van der Waals surface area contributed by atoms with Gasteiger partial charge in [0, 0.05) is 30.9 Å². The van der Waals surface area contributed by atoms with Gasteiger partial charge >= 0.3 is 6.18 Å². The van der Waals surface area contributed by atoms with E-state index in [1.54, 1.807) is 4.90 Å². The molecule has 4 nitrogen and oxygen atoms in total. The first-order valence-corrected chi connectivity index (χ1v) is 10.3. The van der Waals surface area contributed by atoms with E-state index in [1.165, 1.54) is 34.4 Å². The summed E-state index contributed by atoms with van der Waals surface area (Å²) in [4.78, 5) is 29.4. The smallest absolute Gasteiger partial charge is 0.335 e. The van der Waals surface area contributed by atoms with E-state index in [-0.39, 0.29) is 37.6 Å². The SMILES string of the molecule is Cc1c(C(=O)N2CCN(C(=O)c3ccccc3C(F)(F)F)CC2)sc2ccccc12. The molecule has 2 heterocycles. The maximum absolute atomic E-state index is 13.2.